The third-order valence-electron chi connectivity index (χ3n) is 3.48. The van der Waals surface area contributed by atoms with Crippen molar-refractivity contribution in [3.63, 3.8) is 0 Å². The Bertz CT molecular complexity index is 693. The fourth-order valence-electron chi connectivity index (χ4n) is 2.24. The normalized spacial score (nSPS) is 12.1. The lowest BCUT2D eigenvalue weighted by Gasteiger charge is -2.19. The van der Waals surface area contributed by atoms with E-state index in [-0.39, 0.29) is 30.1 Å². The van der Waals surface area contributed by atoms with E-state index in [0.29, 0.717) is 6.54 Å². The number of methoxy groups -OCH3 is 1. The smallest absolute Gasteiger partial charge is 0.191 e. The van der Waals surface area contributed by atoms with E-state index >= 15 is 0 Å². The summed E-state index contributed by atoms with van der Waals surface area (Å²) < 4.78 is 11.2. The Morgan fingerprint density at radius 1 is 1.27 bits per heavy atom. The third kappa shape index (κ3) is 7.36. The van der Waals surface area contributed by atoms with Gasteiger partial charge in [0.25, 0.3) is 0 Å². The van der Waals surface area contributed by atoms with E-state index in [1.807, 2.05) is 37.4 Å². The lowest BCUT2D eigenvalue weighted by atomic mass is 10.3. The van der Waals surface area contributed by atoms with Crippen molar-refractivity contribution >= 4 is 41.3 Å². The molecule has 0 saturated heterocycles. The van der Waals surface area contributed by atoms with E-state index in [0.717, 1.165) is 35.4 Å². The Labute approximate surface area is 176 Å². The predicted molar refractivity (Wildman–Crippen MR) is 118 cm³/mol. The third-order valence-corrected chi connectivity index (χ3v) is 4.45. The van der Waals surface area contributed by atoms with Gasteiger partial charge in [0, 0.05) is 31.1 Å². The number of aryl methyl sites for hydroxylation is 1. The lowest BCUT2D eigenvalue weighted by Crippen LogP contribution is -2.42. The molecule has 6 nitrogen and oxygen atoms in total. The topological polar surface area (TPSA) is 67.8 Å². The molecule has 2 aromatic rings. The van der Waals surface area contributed by atoms with Gasteiger partial charge in [-0.05, 0) is 26.0 Å². The number of aliphatic imine (C=N–C) groups is 1. The number of guanidine groups is 1. The van der Waals surface area contributed by atoms with Crippen molar-refractivity contribution in [3.05, 3.63) is 40.3 Å². The molecule has 1 aromatic heterocycles. The number of thiazole rings is 1. The fraction of sp³-hybridized carbons (Fsp3) is 0.444. The first-order valence-corrected chi connectivity index (χ1v) is 9.09. The molecule has 1 atom stereocenters. The molecule has 26 heavy (non-hydrogen) atoms. The Balaban J connectivity index is 0.00000338. The maximum Gasteiger partial charge on any atom is 0.191 e. The number of hydrogen-bond acceptors (Lipinski definition) is 5. The number of nitrogens with one attached hydrogen (secondary N) is 2. The average molecular weight is 490 g/mol. The summed E-state index contributed by atoms with van der Waals surface area (Å²) in [7, 11) is 3.40. The van der Waals surface area contributed by atoms with Crippen LogP contribution >= 0.6 is 35.3 Å². The first-order chi connectivity index (χ1) is 12.1. The van der Waals surface area contributed by atoms with Gasteiger partial charge in [0.05, 0.1) is 18.7 Å². The van der Waals surface area contributed by atoms with Crippen molar-refractivity contribution in [2.45, 2.75) is 26.4 Å². The van der Waals surface area contributed by atoms with Crippen molar-refractivity contribution in [3.8, 4) is 11.5 Å². The highest BCUT2D eigenvalue weighted by molar-refractivity contribution is 14.0. The number of ether oxygens (including phenoxy) is 2. The minimum absolute atomic E-state index is 0. The van der Waals surface area contributed by atoms with Crippen molar-refractivity contribution in [1.29, 1.82) is 0 Å². The molecule has 0 aliphatic carbocycles. The predicted octanol–water partition coefficient (Wildman–Crippen LogP) is 3.25. The Morgan fingerprint density at radius 3 is 2.62 bits per heavy atom. The average Bonchev–Trinajstić information content (AvgIpc) is 3.03. The van der Waals surface area contributed by atoms with Crippen LogP contribution in [-0.2, 0) is 6.42 Å². The molecule has 2 rings (SSSR count). The van der Waals surface area contributed by atoms with Gasteiger partial charge in [0.2, 0.25) is 0 Å². The summed E-state index contributed by atoms with van der Waals surface area (Å²) in [5.74, 6) is 2.22. The van der Waals surface area contributed by atoms with Crippen LogP contribution in [0.25, 0.3) is 0 Å². The van der Waals surface area contributed by atoms with Gasteiger partial charge in [-0.25, -0.2) is 4.98 Å². The fourth-order valence-corrected chi connectivity index (χ4v) is 3.03. The molecular formula is C18H27IN4O2S. The SMILES string of the molecule is CN=C(NCCc1ncc(C)s1)NCC(C)Oc1ccccc1OC.I. The highest BCUT2D eigenvalue weighted by atomic mass is 127. The van der Waals surface area contributed by atoms with Gasteiger partial charge in [0.15, 0.2) is 17.5 Å². The zero-order valence-corrected chi connectivity index (χ0v) is 18.8. The van der Waals surface area contributed by atoms with Crippen LogP contribution in [0.2, 0.25) is 0 Å². The maximum absolute atomic E-state index is 5.93. The summed E-state index contributed by atoms with van der Waals surface area (Å²) in [5.41, 5.74) is 0. The zero-order valence-electron chi connectivity index (χ0n) is 15.6. The minimum atomic E-state index is -0.0311. The second kappa shape index (κ2) is 11.9. The molecule has 0 bridgehead atoms. The summed E-state index contributed by atoms with van der Waals surface area (Å²) in [4.78, 5) is 9.83. The summed E-state index contributed by atoms with van der Waals surface area (Å²) in [6, 6.07) is 7.64. The Hall–Kier alpha value is -1.55. The van der Waals surface area contributed by atoms with Crippen LogP contribution in [0, 0.1) is 6.92 Å². The van der Waals surface area contributed by atoms with E-state index in [1.54, 1.807) is 25.5 Å². The van der Waals surface area contributed by atoms with Crippen molar-refractivity contribution in [2.24, 2.45) is 4.99 Å². The molecule has 0 radical (unpaired) electrons. The molecule has 1 unspecified atom stereocenters. The molecule has 0 fully saturated rings. The van der Waals surface area contributed by atoms with E-state index in [4.69, 9.17) is 9.47 Å². The second-order valence-electron chi connectivity index (χ2n) is 5.57. The number of hydrogen-bond donors (Lipinski definition) is 2. The molecule has 0 aliphatic rings. The van der Waals surface area contributed by atoms with Gasteiger partial charge in [-0.3, -0.25) is 4.99 Å². The molecule has 1 heterocycles. The van der Waals surface area contributed by atoms with Gasteiger partial charge in [0.1, 0.15) is 6.10 Å². The monoisotopic (exact) mass is 490 g/mol. The van der Waals surface area contributed by atoms with Crippen molar-refractivity contribution in [2.75, 3.05) is 27.2 Å². The van der Waals surface area contributed by atoms with Gasteiger partial charge in [-0.1, -0.05) is 12.1 Å². The number of halogens is 1. The minimum Gasteiger partial charge on any atom is -0.493 e. The highest BCUT2D eigenvalue weighted by Gasteiger charge is 2.09. The molecular weight excluding hydrogens is 463 g/mol. The second-order valence-corrected chi connectivity index (χ2v) is 6.89. The molecule has 1 aromatic carbocycles. The number of rotatable bonds is 8. The van der Waals surface area contributed by atoms with Gasteiger partial charge < -0.3 is 20.1 Å². The highest BCUT2D eigenvalue weighted by Crippen LogP contribution is 2.26. The van der Waals surface area contributed by atoms with Gasteiger partial charge >= 0.3 is 0 Å². The summed E-state index contributed by atoms with van der Waals surface area (Å²) in [6.07, 6.45) is 2.76. The number of para-hydroxylation sites is 2. The number of nitrogens with zero attached hydrogens (tertiary/aromatic N) is 2. The van der Waals surface area contributed by atoms with Crippen LogP contribution in [-0.4, -0.2) is 44.3 Å². The number of aromatic nitrogens is 1. The molecule has 0 spiro atoms. The molecule has 0 aliphatic heterocycles. The lowest BCUT2D eigenvalue weighted by molar-refractivity contribution is 0.213. The Morgan fingerprint density at radius 2 is 2.00 bits per heavy atom. The van der Waals surface area contributed by atoms with E-state index in [9.17, 15) is 0 Å². The molecule has 2 N–H and O–H groups in total. The molecule has 0 amide bonds. The van der Waals surface area contributed by atoms with Crippen molar-refractivity contribution in [1.82, 2.24) is 15.6 Å². The summed E-state index contributed by atoms with van der Waals surface area (Å²) in [6.45, 7) is 5.49. The van der Waals surface area contributed by atoms with E-state index in [2.05, 4.69) is 27.5 Å². The van der Waals surface area contributed by atoms with Crippen LogP contribution in [0.15, 0.2) is 35.5 Å². The molecule has 0 saturated carbocycles. The van der Waals surface area contributed by atoms with E-state index in [1.165, 1.54) is 4.88 Å². The summed E-state index contributed by atoms with van der Waals surface area (Å²) >= 11 is 1.73. The van der Waals surface area contributed by atoms with Crippen molar-refractivity contribution < 1.29 is 9.47 Å². The van der Waals surface area contributed by atoms with Crippen LogP contribution in [0.1, 0.15) is 16.8 Å². The van der Waals surface area contributed by atoms with Gasteiger partial charge in [-0.15, -0.1) is 35.3 Å². The van der Waals surface area contributed by atoms with Gasteiger partial charge in [-0.2, -0.15) is 0 Å². The Kier molecular flexibility index (Phi) is 10.3. The first kappa shape index (κ1) is 22.5. The quantitative estimate of drug-likeness (QED) is 0.338. The first-order valence-electron chi connectivity index (χ1n) is 8.28. The van der Waals surface area contributed by atoms with E-state index < -0.39 is 0 Å². The largest absolute Gasteiger partial charge is 0.493 e. The van der Waals surface area contributed by atoms with Crippen LogP contribution in [0.3, 0.4) is 0 Å². The van der Waals surface area contributed by atoms with Crippen LogP contribution in [0.4, 0.5) is 0 Å². The maximum atomic E-state index is 5.93. The standard InChI is InChI=1S/C18H26N4O2S.HI/c1-13(24-16-8-6-5-7-15(16)23-4)11-22-18(19-3)20-10-9-17-21-12-14(2)25-17;/h5-8,12-13H,9-11H2,1-4H3,(H2,19,20,22);1H. The molecule has 144 valence electrons. The van der Waals surface area contributed by atoms with Crippen LogP contribution < -0.4 is 20.1 Å². The molecule has 8 heteroatoms. The number of benzene rings is 1. The zero-order chi connectivity index (χ0) is 18.1. The summed E-state index contributed by atoms with van der Waals surface area (Å²) in [5, 5.41) is 7.70. The van der Waals surface area contributed by atoms with Crippen LogP contribution in [0.5, 0.6) is 11.5 Å².